The van der Waals surface area contributed by atoms with Crippen LogP contribution in [-0.4, -0.2) is 17.7 Å². The van der Waals surface area contributed by atoms with E-state index in [1.807, 2.05) is 13.8 Å². The Morgan fingerprint density at radius 1 is 1.24 bits per heavy atom. The van der Waals surface area contributed by atoms with Gasteiger partial charge >= 0.3 is 0 Å². The van der Waals surface area contributed by atoms with Crippen LogP contribution in [0.5, 0.6) is 0 Å². The number of hydrogen-bond acceptors (Lipinski definition) is 4. The van der Waals surface area contributed by atoms with Gasteiger partial charge < -0.3 is 10.5 Å². The highest BCUT2D eigenvalue weighted by Crippen LogP contribution is 2.30. The fourth-order valence-corrected chi connectivity index (χ4v) is 1.77. The molecule has 1 aromatic carbocycles. The summed E-state index contributed by atoms with van der Waals surface area (Å²) in [5, 5.41) is 0. The number of anilines is 1. The summed E-state index contributed by atoms with van der Waals surface area (Å²) >= 11 is 0. The van der Waals surface area contributed by atoms with Crippen LogP contribution in [0.25, 0.3) is 5.76 Å². The number of rotatable bonds is 2. The van der Waals surface area contributed by atoms with Crippen molar-refractivity contribution in [2.24, 2.45) is 0 Å². The number of Topliss-reactive ketones (excluding diaryl/α,β-unsaturated/α-hetero) is 1. The second-order valence-corrected chi connectivity index (χ2v) is 4.14. The fraction of sp³-hybridized carbons (Fsp3) is 0.231. The summed E-state index contributed by atoms with van der Waals surface area (Å²) in [4.78, 5) is 23.3. The number of hydrogen-bond donors (Lipinski definition) is 1. The molecular formula is C13H13NO3. The third kappa shape index (κ3) is 1.93. The number of nitrogen functional groups attached to an aromatic ring is 1. The molecule has 1 aromatic rings. The SMILES string of the molecule is CC(C)OC1=CC(=O)C(=O)c2c(N)cccc21. The Morgan fingerprint density at radius 3 is 2.59 bits per heavy atom. The third-order valence-corrected chi connectivity index (χ3v) is 2.44. The van der Waals surface area contributed by atoms with E-state index in [0.29, 0.717) is 17.0 Å². The smallest absolute Gasteiger partial charge is 0.235 e. The average molecular weight is 231 g/mol. The molecule has 2 N–H and O–H groups in total. The molecule has 2 rings (SSSR count). The molecule has 0 saturated carbocycles. The number of ketones is 2. The standard InChI is InChI=1S/C13H13NO3/c1-7(2)17-11-6-10(15)13(16)12-8(11)4-3-5-9(12)14/h3-7H,14H2,1-2H3. The Balaban J connectivity index is 2.59. The van der Waals surface area contributed by atoms with E-state index in [4.69, 9.17) is 10.5 Å². The van der Waals surface area contributed by atoms with E-state index in [1.165, 1.54) is 6.08 Å². The molecule has 0 radical (unpaired) electrons. The zero-order chi connectivity index (χ0) is 12.6. The summed E-state index contributed by atoms with van der Waals surface area (Å²) in [6.07, 6.45) is 1.15. The molecule has 0 atom stereocenters. The first kappa shape index (κ1) is 11.4. The molecule has 0 bridgehead atoms. The number of allylic oxidation sites excluding steroid dienone is 1. The summed E-state index contributed by atoms with van der Waals surface area (Å²) in [6.45, 7) is 3.71. The van der Waals surface area contributed by atoms with Crippen LogP contribution >= 0.6 is 0 Å². The minimum atomic E-state index is -0.592. The van der Waals surface area contributed by atoms with Gasteiger partial charge in [-0.2, -0.15) is 0 Å². The fourth-order valence-electron chi connectivity index (χ4n) is 1.77. The Labute approximate surface area is 99.1 Å². The van der Waals surface area contributed by atoms with Crippen molar-refractivity contribution in [2.45, 2.75) is 20.0 Å². The molecule has 88 valence electrons. The lowest BCUT2D eigenvalue weighted by Crippen LogP contribution is -2.22. The number of nitrogens with two attached hydrogens (primary N) is 1. The van der Waals surface area contributed by atoms with Crippen molar-refractivity contribution in [3.05, 3.63) is 35.4 Å². The minimum Gasteiger partial charge on any atom is -0.490 e. The van der Waals surface area contributed by atoms with E-state index >= 15 is 0 Å². The maximum atomic E-state index is 11.7. The van der Waals surface area contributed by atoms with Gasteiger partial charge in [0.15, 0.2) is 0 Å². The van der Waals surface area contributed by atoms with E-state index in [9.17, 15) is 9.59 Å². The highest BCUT2D eigenvalue weighted by atomic mass is 16.5. The van der Waals surface area contributed by atoms with Gasteiger partial charge in [0.05, 0.1) is 11.7 Å². The van der Waals surface area contributed by atoms with Gasteiger partial charge in [-0.1, -0.05) is 12.1 Å². The molecule has 17 heavy (non-hydrogen) atoms. The molecule has 1 aliphatic carbocycles. The Hall–Kier alpha value is -2.10. The van der Waals surface area contributed by atoms with Crippen molar-refractivity contribution in [3.8, 4) is 0 Å². The largest absolute Gasteiger partial charge is 0.490 e. The quantitative estimate of drug-likeness (QED) is 0.622. The number of fused-ring (bicyclic) bond motifs is 1. The summed E-state index contributed by atoms with van der Waals surface area (Å²) in [5.74, 6) is -0.757. The summed E-state index contributed by atoms with van der Waals surface area (Å²) in [5.41, 5.74) is 6.87. The normalized spacial score (nSPS) is 14.6. The Bertz CT molecular complexity index is 529. The van der Waals surface area contributed by atoms with Crippen LogP contribution in [0.4, 0.5) is 5.69 Å². The summed E-state index contributed by atoms with van der Waals surface area (Å²) in [6, 6.07) is 5.06. The van der Waals surface area contributed by atoms with Gasteiger partial charge in [0, 0.05) is 17.3 Å². The second-order valence-electron chi connectivity index (χ2n) is 4.14. The molecule has 0 saturated heterocycles. The van der Waals surface area contributed by atoms with Crippen molar-refractivity contribution >= 4 is 23.0 Å². The zero-order valence-electron chi connectivity index (χ0n) is 9.69. The molecule has 4 heteroatoms. The first-order chi connectivity index (χ1) is 8.00. The maximum absolute atomic E-state index is 11.7. The second kappa shape index (κ2) is 4.05. The van der Waals surface area contributed by atoms with Gasteiger partial charge in [-0.3, -0.25) is 9.59 Å². The lowest BCUT2D eigenvalue weighted by atomic mass is 9.92. The third-order valence-electron chi connectivity index (χ3n) is 2.44. The summed E-state index contributed by atoms with van der Waals surface area (Å²) in [7, 11) is 0. The minimum absolute atomic E-state index is 0.0727. The molecule has 0 aliphatic heterocycles. The molecular weight excluding hydrogens is 218 g/mol. The monoisotopic (exact) mass is 231 g/mol. The first-order valence-electron chi connectivity index (χ1n) is 5.36. The van der Waals surface area contributed by atoms with Crippen LogP contribution in [0.2, 0.25) is 0 Å². The van der Waals surface area contributed by atoms with E-state index in [1.54, 1.807) is 18.2 Å². The van der Waals surface area contributed by atoms with E-state index in [2.05, 4.69) is 0 Å². The van der Waals surface area contributed by atoms with Gasteiger partial charge in [-0.25, -0.2) is 0 Å². The highest BCUT2D eigenvalue weighted by Gasteiger charge is 2.28. The molecule has 4 nitrogen and oxygen atoms in total. The van der Waals surface area contributed by atoms with Crippen molar-refractivity contribution < 1.29 is 14.3 Å². The average Bonchev–Trinajstić information content (AvgIpc) is 2.24. The molecule has 0 fully saturated rings. The lowest BCUT2D eigenvalue weighted by Gasteiger charge is -2.20. The number of carbonyl (C=O) groups is 2. The maximum Gasteiger partial charge on any atom is 0.235 e. The number of benzene rings is 1. The summed E-state index contributed by atoms with van der Waals surface area (Å²) < 4.78 is 5.52. The van der Waals surface area contributed by atoms with Crippen LogP contribution in [0.3, 0.4) is 0 Å². The molecule has 0 amide bonds. The van der Waals surface area contributed by atoms with Crippen molar-refractivity contribution in [1.29, 1.82) is 0 Å². The first-order valence-corrected chi connectivity index (χ1v) is 5.36. The van der Waals surface area contributed by atoms with Gasteiger partial charge in [0.2, 0.25) is 11.6 Å². The van der Waals surface area contributed by atoms with Gasteiger partial charge in [-0.15, -0.1) is 0 Å². The van der Waals surface area contributed by atoms with Crippen molar-refractivity contribution in [1.82, 2.24) is 0 Å². The van der Waals surface area contributed by atoms with Gasteiger partial charge in [0.25, 0.3) is 0 Å². The molecule has 1 aliphatic rings. The Morgan fingerprint density at radius 2 is 1.94 bits per heavy atom. The van der Waals surface area contributed by atoms with E-state index in [-0.39, 0.29) is 11.7 Å². The predicted molar refractivity (Wildman–Crippen MR) is 64.4 cm³/mol. The van der Waals surface area contributed by atoms with Crippen LogP contribution in [0, 0.1) is 0 Å². The molecule has 0 spiro atoms. The Kier molecular flexibility index (Phi) is 2.71. The molecule has 0 aromatic heterocycles. The van der Waals surface area contributed by atoms with Crippen LogP contribution in [0.15, 0.2) is 24.3 Å². The van der Waals surface area contributed by atoms with Crippen LogP contribution < -0.4 is 5.73 Å². The topological polar surface area (TPSA) is 69.4 Å². The van der Waals surface area contributed by atoms with Crippen LogP contribution in [-0.2, 0) is 9.53 Å². The highest BCUT2D eigenvalue weighted by molar-refractivity contribution is 6.51. The van der Waals surface area contributed by atoms with Gasteiger partial charge in [0.1, 0.15) is 5.76 Å². The van der Waals surface area contributed by atoms with E-state index in [0.717, 1.165) is 0 Å². The zero-order valence-corrected chi connectivity index (χ0v) is 9.69. The lowest BCUT2D eigenvalue weighted by molar-refractivity contribution is -0.111. The van der Waals surface area contributed by atoms with Crippen LogP contribution in [0.1, 0.15) is 29.8 Å². The van der Waals surface area contributed by atoms with Gasteiger partial charge in [-0.05, 0) is 19.9 Å². The predicted octanol–water partition coefficient (Wildman–Crippen LogP) is 1.80. The van der Waals surface area contributed by atoms with Crippen molar-refractivity contribution in [3.63, 3.8) is 0 Å². The molecule has 0 heterocycles. The molecule has 0 unspecified atom stereocenters. The number of carbonyl (C=O) groups excluding carboxylic acids is 2. The van der Waals surface area contributed by atoms with Crippen molar-refractivity contribution in [2.75, 3.05) is 5.73 Å². The van der Waals surface area contributed by atoms with E-state index < -0.39 is 11.6 Å². The number of ether oxygens (including phenoxy) is 1.